The fourth-order valence-electron chi connectivity index (χ4n) is 2.71. The second-order valence-corrected chi connectivity index (χ2v) is 8.12. The van der Waals surface area contributed by atoms with E-state index in [0.29, 0.717) is 10.7 Å². The summed E-state index contributed by atoms with van der Waals surface area (Å²) in [5.74, 6) is -0.371. The number of thiocarbonyl (C=S) groups is 1. The van der Waals surface area contributed by atoms with Gasteiger partial charge in [-0.25, -0.2) is 4.79 Å². The van der Waals surface area contributed by atoms with Gasteiger partial charge in [0.2, 0.25) is 0 Å². The SMILES string of the molecule is COC(=O)c1ccc(C)c(NC(=S)NC(C)c2ccc(C(C)(C)C)cc2)c1. The summed E-state index contributed by atoms with van der Waals surface area (Å²) in [6.07, 6.45) is 0. The first-order valence-electron chi connectivity index (χ1n) is 8.98. The molecule has 2 aromatic rings. The lowest BCUT2D eigenvalue weighted by atomic mass is 9.86. The van der Waals surface area contributed by atoms with Gasteiger partial charge in [-0.2, -0.15) is 0 Å². The molecule has 0 aliphatic heterocycles. The maximum Gasteiger partial charge on any atom is 0.337 e. The van der Waals surface area contributed by atoms with Gasteiger partial charge in [0.05, 0.1) is 18.7 Å². The molecule has 0 saturated carbocycles. The van der Waals surface area contributed by atoms with Gasteiger partial charge in [-0.1, -0.05) is 51.1 Å². The van der Waals surface area contributed by atoms with E-state index < -0.39 is 0 Å². The second kappa shape index (κ2) is 8.53. The van der Waals surface area contributed by atoms with Crippen LogP contribution in [0.25, 0.3) is 0 Å². The van der Waals surface area contributed by atoms with Crippen LogP contribution in [0.1, 0.15) is 60.8 Å². The fraction of sp³-hybridized carbons (Fsp3) is 0.364. The molecule has 2 aromatic carbocycles. The van der Waals surface area contributed by atoms with Crippen LogP contribution in [0.2, 0.25) is 0 Å². The van der Waals surface area contributed by atoms with E-state index in [2.05, 4.69) is 62.6 Å². The molecular formula is C22H28N2O2S. The average Bonchev–Trinajstić information content (AvgIpc) is 2.62. The van der Waals surface area contributed by atoms with Gasteiger partial charge in [-0.05, 0) is 60.3 Å². The monoisotopic (exact) mass is 384 g/mol. The molecule has 0 fully saturated rings. The van der Waals surface area contributed by atoms with Crippen molar-refractivity contribution in [2.24, 2.45) is 0 Å². The molecule has 0 heterocycles. The summed E-state index contributed by atoms with van der Waals surface area (Å²) >= 11 is 5.46. The number of carbonyl (C=O) groups excluding carboxylic acids is 1. The third kappa shape index (κ3) is 5.54. The molecule has 0 amide bonds. The molecule has 0 spiro atoms. The van der Waals surface area contributed by atoms with Gasteiger partial charge in [0, 0.05) is 5.69 Å². The maximum atomic E-state index is 11.7. The molecular weight excluding hydrogens is 356 g/mol. The molecule has 0 aliphatic rings. The number of aryl methyl sites for hydroxylation is 1. The van der Waals surface area contributed by atoms with E-state index in [1.54, 1.807) is 12.1 Å². The number of hydrogen-bond donors (Lipinski definition) is 2. The predicted molar refractivity (Wildman–Crippen MR) is 115 cm³/mol. The molecule has 27 heavy (non-hydrogen) atoms. The molecule has 0 saturated heterocycles. The first kappa shape index (κ1) is 20.9. The van der Waals surface area contributed by atoms with E-state index in [4.69, 9.17) is 17.0 Å². The van der Waals surface area contributed by atoms with Crippen molar-refractivity contribution in [3.05, 3.63) is 64.7 Å². The zero-order chi connectivity index (χ0) is 20.2. The van der Waals surface area contributed by atoms with Gasteiger partial charge in [0.1, 0.15) is 0 Å². The summed E-state index contributed by atoms with van der Waals surface area (Å²) < 4.78 is 4.78. The number of ether oxygens (including phenoxy) is 1. The Morgan fingerprint density at radius 3 is 2.30 bits per heavy atom. The molecule has 1 atom stereocenters. The van der Waals surface area contributed by atoms with Gasteiger partial charge in [0.25, 0.3) is 0 Å². The number of benzene rings is 2. The lowest BCUT2D eigenvalue weighted by molar-refractivity contribution is 0.0601. The van der Waals surface area contributed by atoms with Crippen LogP contribution in [0.3, 0.4) is 0 Å². The fourth-order valence-corrected chi connectivity index (χ4v) is 3.00. The minimum atomic E-state index is -0.371. The Balaban J connectivity index is 2.06. The predicted octanol–water partition coefficient (Wildman–Crippen LogP) is 5.13. The van der Waals surface area contributed by atoms with Crippen LogP contribution in [0, 0.1) is 6.92 Å². The van der Waals surface area contributed by atoms with Crippen molar-refractivity contribution in [3.63, 3.8) is 0 Å². The summed E-state index contributed by atoms with van der Waals surface area (Å²) in [6.45, 7) is 10.6. The first-order chi connectivity index (χ1) is 12.6. The number of nitrogens with one attached hydrogen (secondary N) is 2. The molecule has 5 heteroatoms. The zero-order valence-electron chi connectivity index (χ0n) is 16.8. The third-order valence-corrected chi connectivity index (χ3v) is 4.75. The van der Waals surface area contributed by atoms with E-state index in [-0.39, 0.29) is 17.4 Å². The lowest BCUT2D eigenvalue weighted by Crippen LogP contribution is -2.31. The van der Waals surface area contributed by atoms with Gasteiger partial charge in [-0.15, -0.1) is 0 Å². The Bertz CT molecular complexity index is 823. The summed E-state index contributed by atoms with van der Waals surface area (Å²) in [4.78, 5) is 11.7. The van der Waals surface area contributed by atoms with E-state index in [0.717, 1.165) is 16.8 Å². The second-order valence-electron chi connectivity index (χ2n) is 7.71. The van der Waals surface area contributed by atoms with E-state index >= 15 is 0 Å². The zero-order valence-corrected chi connectivity index (χ0v) is 17.7. The van der Waals surface area contributed by atoms with Crippen molar-refractivity contribution in [1.29, 1.82) is 0 Å². The smallest absolute Gasteiger partial charge is 0.337 e. The van der Waals surface area contributed by atoms with Crippen molar-refractivity contribution in [2.45, 2.75) is 46.1 Å². The highest BCUT2D eigenvalue weighted by atomic mass is 32.1. The van der Waals surface area contributed by atoms with Crippen molar-refractivity contribution in [1.82, 2.24) is 5.32 Å². The van der Waals surface area contributed by atoms with Crippen LogP contribution in [0.4, 0.5) is 5.69 Å². The highest BCUT2D eigenvalue weighted by Crippen LogP contribution is 2.24. The third-order valence-electron chi connectivity index (χ3n) is 4.53. The van der Waals surface area contributed by atoms with E-state index in [1.807, 2.05) is 13.0 Å². The quantitative estimate of drug-likeness (QED) is 0.565. The van der Waals surface area contributed by atoms with Crippen LogP contribution in [-0.2, 0) is 10.2 Å². The summed E-state index contributed by atoms with van der Waals surface area (Å²) in [7, 11) is 1.37. The van der Waals surface area contributed by atoms with Crippen molar-refractivity contribution in [3.8, 4) is 0 Å². The molecule has 0 aliphatic carbocycles. The minimum Gasteiger partial charge on any atom is -0.465 e. The first-order valence-corrected chi connectivity index (χ1v) is 9.39. The molecule has 4 nitrogen and oxygen atoms in total. The molecule has 0 bridgehead atoms. The highest BCUT2D eigenvalue weighted by molar-refractivity contribution is 7.80. The largest absolute Gasteiger partial charge is 0.465 e. The van der Waals surface area contributed by atoms with Crippen molar-refractivity contribution in [2.75, 3.05) is 12.4 Å². The Kier molecular flexibility index (Phi) is 6.60. The Morgan fingerprint density at radius 1 is 1.11 bits per heavy atom. The molecule has 2 N–H and O–H groups in total. The lowest BCUT2D eigenvalue weighted by Gasteiger charge is -2.22. The maximum absolute atomic E-state index is 11.7. The number of rotatable bonds is 4. The number of anilines is 1. The Hall–Kier alpha value is -2.40. The molecule has 2 rings (SSSR count). The molecule has 0 radical (unpaired) electrons. The number of carbonyl (C=O) groups is 1. The topological polar surface area (TPSA) is 50.4 Å². The Morgan fingerprint density at radius 2 is 1.74 bits per heavy atom. The van der Waals surface area contributed by atoms with Crippen LogP contribution >= 0.6 is 12.2 Å². The number of esters is 1. The summed E-state index contributed by atoms with van der Waals surface area (Å²) in [6, 6.07) is 14.0. The summed E-state index contributed by atoms with van der Waals surface area (Å²) in [5.41, 5.74) is 4.86. The van der Waals surface area contributed by atoms with Crippen LogP contribution in [0.5, 0.6) is 0 Å². The van der Waals surface area contributed by atoms with Gasteiger partial charge < -0.3 is 15.4 Å². The molecule has 1 unspecified atom stereocenters. The van der Waals surface area contributed by atoms with E-state index in [9.17, 15) is 4.79 Å². The highest BCUT2D eigenvalue weighted by Gasteiger charge is 2.15. The minimum absolute atomic E-state index is 0.0584. The average molecular weight is 385 g/mol. The van der Waals surface area contributed by atoms with Crippen molar-refractivity contribution >= 4 is 29.0 Å². The number of hydrogen-bond acceptors (Lipinski definition) is 3. The van der Waals surface area contributed by atoms with Crippen LogP contribution < -0.4 is 10.6 Å². The van der Waals surface area contributed by atoms with E-state index in [1.165, 1.54) is 12.7 Å². The summed E-state index contributed by atoms with van der Waals surface area (Å²) in [5, 5.41) is 6.98. The van der Waals surface area contributed by atoms with Crippen molar-refractivity contribution < 1.29 is 9.53 Å². The molecule has 144 valence electrons. The van der Waals surface area contributed by atoms with Gasteiger partial charge >= 0.3 is 5.97 Å². The standard InChI is InChI=1S/C22H28N2O2S/c1-14-7-8-17(20(25)26-6)13-19(14)24-21(27)23-15(2)16-9-11-18(12-10-16)22(3,4)5/h7-13,15H,1-6H3,(H2,23,24,27). The van der Waals surface area contributed by atoms with Gasteiger partial charge in [0.15, 0.2) is 5.11 Å². The molecule has 0 aromatic heterocycles. The Labute approximate surface area is 167 Å². The van der Waals surface area contributed by atoms with Crippen LogP contribution in [-0.4, -0.2) is 18.2 Å². The van der Waals surface area contributed by atoms with Gasteiger partial charge in [-0.3, -0.25) is 0 Å². The normalized spacial score (nSPS) is 12.2. The number of methoxy groups -OCH3 is 1. The van der Waals surface area contributed by atoms with Crippen LogP contribution in [0.15, 0.2) is 42.5 Å².